The molecule has 0 saturated heterocycles. The predicted molar refractivity (Wildman–Crippen MR) is 85.2 cm³/mol. The molecule has 1 aliphatic heterocycles. The minimum atomic E-state index is 0.347. The zero-order chi connectivity index (χ0) is 14.8. The first-order valence-corrected chi connectivity index (χ1v) is 7.97. The minimum Gasteiger partial charge on any atom is -0.308 e. The topological polar surface area (TPSA) is 42.7 Å². The Hall–Kier alpha value is -1.68. The van der Waals surface area contributed by atoms with Gasteiger partial charge in [0.15, 0.2) is 11.6 Å². The van der Waals surface area contributed by atoms with E-state index in [-0.39, 0.29) is 0 Å². The summed E-state index contributed by atoms with van der Waals surface area (Å²) < 4.78 is 2.28. The van der Waals surface area contributed by atoms with E-state index in [1.54, 1.807) is 0 Å². The van der Waals surface area contributed by atoms with E-state index < -0.39 is 0 Å². The van der Waals surface area contributed by atoms with Gasteiger partial charge in [0.1, 0.15) is 0 Å². The largest absolute Gasteiger partial charge is 0.308 e. The Labute approximate surface area is 126 Å². The van der Waals surface area contributed by atoms with Crippen molar-refractivity contribution in [1.82, 2.24) is 20.1 Å². The summed E-state index contributed by atoms with van der Waals surface area (Å²) in [5.74, 6) is 2.65. The molecule has 0 saturated carbocycles. The van der Waals surface area contributed by atoms with Crippen LogP contribution in [0.15, 0.2) is 24.3 Å². The highest BCUT2D eigenvalue weighted by molar-refractivity contribution is 5.56. The zero-order valence-electron chi connectivity index (χ0n) is 13.1. The van der Waals surface area contributed by atoms with E-state index in [2.05, 4.69) is 65.1 Å². The number of rotatable bonds is 4. The molecule has 21 heavy (non-hydrogen) atoms. The summed E-state index contributed by atoms with van der Waals surface area (Å²) in [6, 6.07) is 9.09. The second-order valence-electron chi connectivity index (χ2n) is 6.11. The molecule has 0 amide bonds. The first kappa shape index (κ1) is 14.3. The van der Waals surface area contributed by atoms with Gasteiger partial charge in [0, 0.05) is 18.7 Å². The van der Waals surface area contributed by atoms with Crippen LogP contribution in [-0.2, 0) is 6.54 Å². The summed E-state index contributed by atoms with van der Waals surface area (Å²) in [5, 5.41) is 12.4. The maximum absolute atomic E-state index is 4.45. The molecule has 4 nitrogen and oxygen atoms in total. The lowest BCUT2D eigenvalue weighted by Crippen LogP contribution is -2.33. The van der Waals surface area contributed by atoms with Gasteiger partial charge in [-0.2, -0.15) is 0 Å². The van der Waals surface area contributed by atoms with Gasteiger partial charge >= 0.3 is 0 Å². The van der Waals surface area contributed by atoms with Gasteiger partial charge in [0.05, 0.1) is 6.04 Å². The molecule has 4 heteroatoms. The van der Waals surface area contributed by atoms with Gasteiger partial charge in [-0.05, 0) is 17.9 Å². The van der Waals surface area contributed by atoms with Crippen molar-refractivity contribution in [2.24, 2.45) is 0 Å². The Morgan fingerprint density at radius 1 is 1.24 bits per heavy atom. The monoisotopic (exact) mass is 284 g/mol. The van der Waals surface area contributed by atoms with Crippen molar-refractivity contribution in [2.45, 2.75) is 52.1 Å². The van der Waals surface area contributed by atoms with Crippen LogP contribution in [-0.4, -0.2) is 21.3 Å². The average Bonchev–Trinajstić information content (AvgIpc) is 2.93. The highest BCUT2D eigenvalue weighted by atomic mass is 15.3. The van der Waals surface area contributed by atoms with Crippen LogP contribution >= 0.6 is 0 Å². The lowest BCUT2D eigenvalue weighted by molar-refractivity contribution is 0.394. The summed E-state index contributed by atoms with van der Waals surface area (Å²) in [6.07, 6.45) is 2.27. The highest BCUT2D eigenvalue weighted by Gasteiger charge is 2.24. The molecule has 0 aliphatic carbocycles. The van der Waals surface area contributed by atoms with Gasteiger partial charge < -0.3 is 9.88 Å². The number of hydrogen-bond acceptors (Lipinski definition) is 3. The van der Waals surface area contributed by atoms with Crippen molar-refractivity contribution in [3.63, 3.8) is 0 Å². The predicted octanol–water partition coefficient (Wildman–Crippen LogP) is 3.51. The Morgan fingerprint density at radius 3 is 2.67 bits per heavy atom. The number of benzene rings is 1. The third-order valence-corrected chi connectivity index (χ3v) is 4.23. The van der Waals surface area contributed by atoms with Crippen molar-refractivity contribution < 1.29 is 0 Å². The van der Waals surface area contributed by atoms with Crippen molar-refractivity contribution in [3.8, 4) is 11.4 Å². The molecular formula is C17H24N4. The third kappa shape index (κ3) is 2.72. The fourth-order valence-electron chi connectivity index (χ4n) is 2.99. The Bertz CT molecular complexity index is 598. The number of fused-ring (bicyclic) bond motifs is 1. The molecule has 3 rings (SSSR count). The summed E-state index contributed by atoms with van der Waals surface area (Å²) in [6.45, 7) is 8.59. The molecular weight excluding hydrogens is 260 g/mol. The van der Waals surface area contributed by atoms with Crippen LogP contribution in [0.3, 0.4) is 0 Å². The Morgan fingerprint density at radius 2 is 2.00 bits per heavy atom. The number of aromatic nitrogens is 3. The third-order valence-electron chi connectivity index (χ3n) is 4.23. The summed E-state index contributed by atoms with van der Waals surface area (Å²) in [5.41, 5.74) is 2.53. The van der Waals surface area contributed by atoms with Gasteiger partial charge in [0.25, 0.3) is 0 Å². The summed E-state index contributed by atoms with van der Waals surface area (Å²) >= 11 is 0. The standard InChI is InChI=1S/C17H24N4/c1-4-5-15-17-20-19-16(21(17)11-10-18-15)14-8-6-13(7-9-14)12(2)3/h6-9,12,15,18H,4-5,10-11H2,1-3H3. The molecule has 1 aromatic carbocycles. The number of nitrogens with zero attached hydrogens (tertiary/aromatic N) is 3. The molecule has 1 N–H and O–H groups in total. The molecule has 0 radical (unpaired) electrons. The lowest BCUT2D eigenvalue weighted by Gasteiger charge is -2.24. The van der Waals surface area contributed by atoms with Gasteiger partial charge in [0.2, 0.25) is 0 Å². The van der Waals surface area contributed by atoms with Crippen LogP contribution in [0.4, 0.5) is 0 Å². The Balaban J connectivity index is 1.93. The molecule has 1 aromatic heterocycles. The van der Waals surface area contributed by atoms with Gasteiger partial charge in [-0.25, -0.2) is 0 Å². The van der Waals surface area contributed by atoms with Crippen molar-refractivity contribution in [3.05, 3.63) is 35.7 Å². The molecule has 1 unspecified atom stereocenters. The number of nitrogens with one attached hydrogen (secondary N) is 1. The van der Waals surface area contributed by atoms with E-state index in [4.69, 9.17) is 0 Å². The summed E-state index contributed by atoms with van der Waals surface area (Å²) in [7, 11) is 0. The molecule has 0 bridgehead atoms. The van der Waals surface area contributed by atoms with Crippen LogP contribution in [0.5, 0.6) is 0 Å². The number of hydrogen-bond donors (Lipinski definition) is 1. The first-order chi connectivity index (χ1) is 10.2. The lowest BCUT2D eigenvalue weighted by atomic mass is 10.0. The fourth-order valence-corrected chi connectivity index (χ4v) is 2.99. The van der Waals surface area contributed by atoms with Crippen molar-refractivity contribution >= 4 is 0 Å². The average molecular weight is 284 g/mol. The Kier molecular flexibility index (Phi) is 4.06. The van der Waals surface area contributed by atoms with Crippen LogP contribution in [0.25, 0.3) is 11.4 Å². The smallest absolute Gasteiger partial charge is 0.164 e. The van der Waals surface area contributed by atoms with E-state index in [1.165, 1.54) is 5.56 Å². The molecule has 2 aromatic rings. The van der Waals surface area contributed by atoms with Gasteiger partial charge in [-0.15, -0.1) is 10.2 Å². The van der Waals surface area contributed by atoms with E-state index in [0.29, 0.717) is 12.0 Å². The molecule has 1 aliphatic rings. The van der Waals surface area contributed by atoms with Gasteiger partial charge in [-0.3, -0.25) is 0 Å². The molecule has 0 spiro atoms. The molecule has 0 fully saturated rings. The van der Waals surface area contributed by atoms with Gasteiger partial charge in [-0.1, -0.05) is 51.5 Å². The normalized spacial score (nSPS) is 18.0. The SMILES string of the molecule is CCCC1NCCn2c(-c3ccc(C(C)C)cc3)nnc21. The molecule has 112 valence electrons. The van der Waals surface area contributed by atoms with E-state index >= 15 is 0 Å². The summed E-state index contributed by atoms with van der Waals surface area (Å²) in [4.78, 5) is 0. The van der Waals surface area contributed by atoms with Crippen molar-refractivity contribution in [2.75, 3.05) is 6.54 Å². The maximum atomic E-state index is 4.45. The van der Waals surface area contributed by atoms with Crippen LogP contribution < -0.4 is 5.32 Å². The van der Waals surface area contributed by atoms with Crippen molar-refractivity contribution in [1.29, 1.82) is 0 Å². The highest BCUT2D eigenvalue weighted by Crippen LogP contribution is 2.27. The second-order valence-corrected chi connectivity index (χ2v) is 6.11. The quantitative estimate of drug-likeness (QED) is 0.934. The van der Waals surface area contributed by atoms with E-state index in [1.807, 2.05) is 0 Å². The van der Waals surface area contributed by atoms with Crippen LogP contribution in [0.1, 0.15) is 57.0 Å². The molecule has 2 heterocycles. The second kappa shape index (κ2) is 5.98. The van der Waals surface area contributed by atoms with E-state index in [9.17, 15) is 0 Å². The van der Waals surface area contributed by atoms with Crippen LogP contribution in [0, 0.1) is 0 Å². The minimum absolute atomic E-state index is 0.347. The maximum Gasteiger partial charge on any atom is 0.164 e. The van der Waals surface area contributed by atoms with E-state index in [0.717, 1.165) is 43.1 Å². The van der Waals surface area contributed by atoms with Crippen LogP contribution in [0.2, 0.25) is 0 Å². The first-order valence-electron chi connectivity index (χ1n) is 7.97. The zero-order valence-corrected chi connectivity index (χ0v) is 13.1. The molecule has 1 atom stereocenters. The fraction of sp³-hybridized carbons (Fsp3) is 0.529.